The molecule has 0 amide bonds. The molecule has 0 saturated carbocycles. The minimum atomic E-state index is -0.0103. The fourth-order valence-electron chi connectivity index (χ4n) is 3.43. The molecule has 4 heteroatoms. The lowest BCUT2D eigenvalue weighted by Gasteiger charge is -2.32. The van der Waals surface area contributed by atoms with Crippen LogP contribution in [-0.4, -0.2) is 17.2 Å². The highest BCUT2D eigenvalue weighted by molar-refractivity contribution is 6.35. The van der Waals surface area contributed by atoms with Crippen molar-refractivity contribution in [3.63, 3.8) is 0 Å². The molecule has 1 atom stereocenters. The first-order valence-electron chi connectivity index (χ1n) is 9.23. The maximum absolute atomic E-state index is 8.79. The van der Waals surface area contributed by atoms with Gasteiger partial charge in [-0.3, -0.25) is 0 Å². The summed E-state index contributed by atoms with van der Waals surface area (Å²) in [4.78, 5) is 2.18. The Morgan fingerprint density at radius 3 is 2.35 bits per heavy atom. The van der Waals surface area contributed by atoms with Crippen LogP contribution in [-0.2, 0) is 6.54 Å². The third-order valence-electron chi connectivity index (χ3n) is 5.04. The van der Waals surface area contributed by atoms with Crippen molar-refractivity contribution < 1.29 is 0 Å². The molecule has 140 valence electrons. The summed E-state index contributed by atoms with van der Waals surface area (Å²) in [6.45, 7) is 12.0. The highest BCUT2D eigenvalue weighted by Gasteiger charge is 2.25. The Labute approximate surface area is 167 Å². The lowest BCUT2D eigenvalue weighted by atomic mass is 9.85. The van der Waals surface area contributed by atoms with Gasteiger partial charge in [0.1, 0.15) is 0 Å². The lowest BCUT2D eigenvalue weighted by Crippen LogP contribution is -2.31. The van der Waals surface area contributed by atoms with Crippen LogP contribution in [0.1, 0.15) is 45.6 Å². The Kier molecular flexibility index (Phi) is 7.55. The molecule has 0 fully saturated rings. The minimum Gasteiger partial charge on any atom is -0.371 e. The topological polar surface area (TPSA) is 27.1 Å². The zero-order valence-corrected chi connectivity index (χ0v) is 17.4. The molecule has 1 aliphatic carbocycles. The van der Waals surface area contributed by atoms with Gasteiger partial charge in [0.2, 0.25) is 0 Å². The normalized spacial score (nSPS) is 15.1. The number of benzene rings is 1. The highest BCUT2D eigenvalue weighted by Crippen LogP contribution is 2.31. The Morgan fingerprint density at radius 2 is 1.81 bits per heavy atom. The van der Waals surface area contributed by atoms with Crippen molar-refractivity contribution in [3.05, 3.63) is 69.4 Å². The van der Waals surface area contributed by atoms with Gasteiger partial charge in [-0.2, -0.15) is 0 Å². The number of halogens is 2. The maximum Gasteiger partial charge on any atom is 0.0474 e. The summed E-state index contributed by atoms with van der Waals surface area (Å²) >= 11 is 12.7. The second-order valence-corrected chi connectivity index (χ2v) is 7.48. The van der Waals surface area contributed by atoms with Crippen LogP contribution in [0.25, 0.3) is 0 Å². The largest absolute Gasteiger partial charge is 0.371 e. The number of rotatable bonds is 8. The van der Waals surface area contributed by atoms with E-state index in [9.17, 15) is 0 Å². The highest BCUT2D eigenvalue weighted by atomic mass is 35.5. The number of allylic oxidation sites excluding steroid dienone is 5. The summed E-state index contributed by atoms with van der Waals surface area (Å²) in [5.41, 5.74) is 4.79. The average Bonchev–Trinajstić information content (AvgIpc) is 2.62. The third-order valence-corrected chi connectivity index (χ3v) is 5.75. The predicted octanol–water partition coefficient (Wildman–Crippen LogP) is 7.04. The number of hydrogen-bond acceptors (Lipinski definition) is 2. The van der Waals surface area contributed by atoms with E-state index in [1.807, 2.05) is 18.2 Å². The van der Waals surface area contributed by atoms with E-state index in [4.69, 9.17) is 28.6 Å². The van der Waals surface area contributed by atoms with E-state index in [0.717, 1.165) is 42.6 Å². The van der Waals surface area contributed by atoms with Crippen LogP contribution in [0.5, 0.6) is 0 Å². The SMILES string of the molecule is C=C(C(CC)C(=N)C1=CCCC=C1C)N(CC)Cc1c(Cl)cccc1Cl. The van der Waals surface area contributed by atoms with Crippen LogP contribution < -0.4 is 0 Å². The van der Waals surface area contributed by atoms with E-state index >= 15 is 0 Å². The number of nitrogens with one attached hydrogen (secondary N) is 1. The fraction of sp³-hybridized carbons (Fsp3) is 0.409. The zero-order chi connectivity index (χ0) is 19.3. The molecule has 1 unspecified atom stereocenters. The molecule has 1 N–H and O–H groups in total. The predicted molar refractivity (Wildman–Crippen MR) is 114 cm³/mol. The Hall–Kier alpha value is -1.51. The summed E-state index contributed by atoms with van der Waals surface area (Å²) < 4.78 is 0. The molecule has 0 aliphatic heterocycles. The summed E-state index contributed by atoms with van der Waals surface area (Å²) in [5, 5.41) is 10.1. The van der Waals surface area contributed by atoms with E-state index in [-0.39, 0.29) is 5.92 Å². The van der Waals surface area contributed by atoms with E-state index < -0.39 is 0 Å². The van der Waals surface area contributed by atoms with Gasteiger partial charge >= 0.3 is 0 Å². The second kappa shape index (κ2) is 9.43. The quantitative estimate of drug-likeness (QED) is 0.473. The molecule has 0 radical (unpaired) electrons. The molecular formula is C22H28Cl2N2. The Bertz CT molecular complexity index is 726. The van der Waals surface area contributed by atoms with Crippen LogP contribution in [0, 0.1) is 11.3 Å². The monoisotopic (exact) mass is 390 g/mol. The molecule has 26 heavy (non-hydrogen) atoms. The van der Waals surface area contributed by atoms with Crippen LogP contribution in [0.15, 0.2) is 53.8 Å². The average molecular weight is 391 g/mol. The van der Waals surface area contributed by atoms with Gasteiger partial charge in [0.25, 0.3) is 0 Å². The van der Waals surface area contributed by atoms with Gasteiger partial charge in [0.15, 0.2) is 0 Å². The summed E-state index contributed by atoms with van der Waals surface area (Å²) in [7, 11) is 0. The van der Waals surface area contributed by atoms with Gasteiger partial charge in [-0.15, -0.1) is 0 Å². The van der Waals surface area contributed by atoms with Crippen molar-refractivity contribution in [1.29, 1.82) is 5.41 Å². The van der Waals surface area contributed by atoms with E-state index in [0.29, 0.717) is 22.3 Å². The molecule has 0 bridgehead atoms. The van der Waals surface area contributed by atoms with Crippen molar-refractivity contribution in [2.24, 2.45) is 5.92 Å². The van der Waals surface area contributed by atoms with Gasteiger partial charge in [-0.25, -0.2) is 0 Å². The molecule has 2 rings (SSSR count). The summed E-state index contributed by atoms with van der Waals surface area (Å²) in [6.07, 6.45) is 7.32. The molecular weight excluding hydrogens is 363 g/mol. The number of hydrogen-bond donors (Lipinski definition) is 1. The van der Waals surface area contributed by atoms with Crippen molar-refractivity contribution >= 4 is 28.9 Å². The molecule has 0 aromatic heterocycles. The number of nitrogens with zero attached hydrogens (tertiary/aromatic N) is 1. The first-order chi connectivity index (χ1) is 12.4. The van der Waals surface area contributed by atoms with Crippen molar-refractivity contribution in [3.8, 4) is 0 Å². The molecule has 1 aliphatic rings. The van der Waals surface area contributed by atoms with Gasteiger partial charge in [-0.05, 0) is 56.4 Å². The minimum absolute atomic E-state index is 0.0103. The molecule has 0 saturated heterocycles. The van der Waals surface area contributed by atoms with Crippen LogP contribution in [0.3, 0.4) is 0 Å². The first kappa shape index (κ1) is 20.8. The molecule has 0 spiro atoms. The summed E-state index contributed by atoms with van der Waals surface area (Å²) in [6, 6.07) is 5.58. The molecule has 1 aromatic rings. The summed E-state index contributed by atoms with van der Waals surface area (Å²) in [5.74, 6) is -0.0103. The Balaban J connectivity index is 2.23. The lowest BCUT2D eigenvalue weighted by molar-refractivity contribution is 0.328. The van der Waals surface area contributed by atoms with Crippen LogP contribution in [0.4, 0.5) is 0 Å². The third kappa shape index (κ3) is 4.61. The standard InChI is InChI=1S/C22H28Cl2N2/c1-5-17(22(25)18-11-8-7-10-15(18)3)16(4)26(6-2)14-19-20(23)12-9-13-21(19)24/h9-13,17,25H,4-8,14H2,1-3H3. The van der Waals surface area contributed by atoms with E-state index in [1.54, 1.807) is 0 Å². The molecule has 2 nitrogen and oxygen atoms in total. The zero-order valence-electron chi connectivity index (χ0n) is 15.9. The fourth-order valence-corrected chi connectivity index (χ4v) is 3.94. The van der Waals surface area contributed by atoms with E-state index in [1.165, 1.54) is 5.57 Å². The van der Waals surface area contributed by atoms with E-state index in [2.05, 4.69) is 44.4 Å². The van der Waals surface area contributed by atoms with Gasteiger partial charge in [0, 0.05) is 46.0 Å². The van der Waals surface area contributed by atoms with Crippen LogP contribution in [0.2, 0.25) is 10.0 Å². The van der Waals surface area contributed by atoms with Crippen LogP contribution >= 0.6 is 23.2 Å². The van der Waals surface area contributed by atoms with Gasteiger partial charge in [-0.1, -0.05) is 54.9 Å². The van der Waals surface area contributed by atoms with Gasteiger partial charge < -0.3 is 10.3 Å². The first-order valence-corrected chi connectivity index (χ1v) is 9.98. The maximum atomic E-state index is 8.79. The van der Waals surface area contributed by atoms with Crippen molar-refractivity contribution in [2.75, 3.05) is 6.54 Å². The Morgan fingerprint density at radius 1 is 1.19 bits per heavy atom. The van der Waals surface area contributed by atoms with Crippen molar-refractivity contribution in [1.82, 2.24) is 4.90 Å². The molecule has 1 aromatic carbocycles. The molecule has 0 heterocycles. The smallest absolute Gasteiger partial charge is 0.0474 e. The second-order valence-electron chi connectivity index (χ2n) is 6.66. The van der Waals surface area contributed by atoms with Gasteiger partial charge in [0.05, 0.1) is 0 Å². The van der Waals surface area contributed by atoms with Crippen molar-refractivity contribution in [2.45, 2.75) is 46.6 Å².